The van der Waals surface area contributed by atoms with Gasteiger partial charge in [0.25, 0.3) is 0 Å². The van der Waals surface area contributed by atoms with Crippen LogP contribution in [0.2, 0.25) is 0 Å². The van der Waals surface area contributed by atoms with E-state index in [1.807, 2.05) is 0 Å². The van der Waals surface area contributed by atoms with Crippen LogP contribution >= 0.6 is 11.6 Å². The molecule has 0 N–H and O–H groups in total. The lowest BCUT2D eigenvalue weighted by Gasteiger charge is -2.00. The maximum absolute atomic E-state index is 11.2. The van der Waals surface area contributed by atoms with E-state index in [0.717, 1.165) is 32.2 Å². The molecule has 0 radical (unpaired) electrons. The van der Waals surface area contributed by atoms with Gasteiger partial charge in [0.15, 0.2) is 9.84 Å². The second-order valence-electron chi connectivity index (χ2n) is 3.81. The van der Waals surface area contributed by atoms with Crippen molar-refractivity contribution in [3.8, 4) is 0 Å². The molecule has 6 heteroatoms. The van der Waals surface area contributed by atoms with E-state index in [9.17, 15) is 8.42 Å². The molecule has 16 heavy (non-hydrogen) atoms. The highest BCUT2D eigenvalue weighted by molar-refractivity contribution is 7.90. The zero-order valence-electron chi connectivity index (χ0n) is 9.39. The van der Waals surface area contributed by atoms with Gasteiger partial charge in [-0.2, -0.15) is 5.10 Å². The van der Waals surface area contributed by atoms with Gasteiger partial charge in [0, 0.05) is 24.9 Å². The molecule has 0 aliphatic carbocycles. The fourth-order valence-electron chi connectivity index (χ4n) is 1.38. The van der Waals surface area contributed by atoms with Gasteiger partial charge in [-0.3, -0.25) is 4.68 Å². The number of hydrogen-bond acceptors (Lipinski definition) is 3. The average Bonchev–Trinajstić information content (AvgIpc) is 2.65. The quantitative estimate of drug-likeness (QED) is 0.560. The largest absolute Gasteiger partial charge is 0.271 e. The number of halogens is 1. The van der Waals surface area contributed by atoms with Crippen molar-refractivity contribution in [2.24, 2.45) is 0 Å². The summed E-state index contributed by atoms with van der Waals surface area (Å²) >= 11 is 5.57. The van der Waals surface area contributed by atoms with E-state index in [1.165, 1.54) is 12.5 Å². The Morgan fingerprint density at radius 1 is 1.31 bits per heavy atom. The Morgan fingerprint density at radius 2 is 2.00 bits per heavy atom. The Labute approximate surface area is 102 Å². The summed E-state index contributed by atoms with van der Waals surface area (Å²) in [5, 5.41) is 4.01. The Bertz CT molecular complexity index is 414. The molecule has 0 spiro atoms. The third-order valence-electron chi connectivity index (χ3n) is 2.31. The van der Waals surface area contributed by atoms with Gasteiger partial charge in [-0.15, -0.1) is 11.6 Å². The summed E-state index contributed by atoms with van der Waals surface area (Å²) in [4.78, 5) is 0.285. The number of nitrogens with zero attached hydrogens (tertiary/aromatic N) is 2. The number of hydrogen-bond donors (Lipinski definition) is 0. The van der Waals surface area contributed by atoms with Crippen molar-refractivity contribution in [1.29, 1.82) is 0 Å². The van der Waals surface area contributed by atoms with Gasteiger partial charge in [-0.1, -0.05) is 12.8 Å². The molecule has 0 unspecified atom stereocenters. The number of unbranched alkanes of at least 4 members (excludes halogenated alkanes) is 3. The van der Waals surface area contributed by atoms with E-state index >= 15 is 0 Å². The predicted molar refractivity (Wildman–Crippen MR) is 64.5 cm³/mol. The molecule has 0 bridgehead atoms. The van der Waals surface area contributed by atoms with E-state index in [2.05, 4.69) is 5.10 Å². The molecule has 92 valence electrons. The molecule has 0 atom stereocenters. The van der Waals surface area contributed by atoms with Gasteiger partial charge in [0.05, 0.1) is 6.20 Å². The summed E-state index contributed by atoms with van der Waals surface area (Å²) in [7, 11) is -3.12. The lowest BCUT2D eigenvalue weighted by molar-refractivity contribution is 0.541. The third-order valence-corrected chi connectivity index (χ3v) is 3.64. The number of aryl methyl sites for hydroxylation is 1. The van der Waals surface area contributed by atoms with Crippen molar-refractivity contribution < 1.29 is 8.42 Å². The Balaban J connectivity index is 2.36. The zero-order chi connectivity index (χ0) is 12.0. The summed E-state index contributed by atoms with van der Waals surface area (Å²) in [6, 6.07) is 0. The molecule has 0 amide bonds. The minimum atomic E-state index is -3.12. The molecule has 1 heterocycles. The maximum Gasteiger partial charge on any atom is 0.178 e. The van der Waals surface area contributed by atoms with Crippen molar-refractivity contribution in [3.05, 3.63) is 12.4 Å². The topological polar surface area (TPSA) is 52.0 Å². The van der Waals surface area contributed by atoms with E-state index in [0.29, 0.717) is 5.88 Å². The van der Waals surface area contributed by atoms with Gasteiger partial charge in [-0.05, 0) is 12.8 Å². The molecule has 0 aliphatic rings. The second-order valence-corrected chi connectivity index (χ2v) is 6.21. The number of rotatable bonds is 7. The molecule has 0 saturated heterocycles. The molecule has 1 aromatic rings. The summed E-state index contributed by atoms with van der Waals surface area (Å²) < 4.78 is 24.1. The lowest BCUT2D eigenvalue weighted by Crippen LogP contribution is -1.99. The average molecular weight is 265 g/mol. The summed E-state index contributed by atoms with van der Waals surface area (Å²) in [6.07, 6.45) is 8.42. The number of sulfone groups is 1. The minimum absolute atomic E-state index is 0.285. The van der Waals surface area contributed by atoms with Crippen molar-refractivity contribution in [2.45, 2.75) is 37.1 Å². The fourth-order valence-corrected chi connectivity index (χ4v) is 2.12. The van der Waals surface area contributed by atoms with Crippen LogP contribution in [0.25, 0.3) is 0 Å². The molecule has 1 rings (SSSR count). The lowest BCUT2D eigenvalue weighted by atomic mass is 10.2. The van der Waals surface area contributed by atoms with Crippen LogP contribution in [0.1, 0.15) is 25.7 Å². The first-order valence-corrected chi connectivity index (χ1v) is 7.75. The van der Waals surface area contributed by atoms with Crippen LogP contribution in [0.15, 0.2) is 17.3 Å². The fraction of sp³-hybridized carbons (Fsp3) is 0.700. The second kappa shape index (κ2) is 6.25. The molecule has 1 aromatic heterocycles. The van der Waals surface area contributed by atoms with Crippen molar-refractivity contribution in [1.82, 2.24) is 9.78 Å². The van der Waals surface area contributed by atoms with Crippen molar-refractivity contribution in [2.75, 3.05) is 12.1 Å². The predicted octanol–water partition coefficient (Wildman–Crippen LogP) is 2.09. The number of aromatic nitrogens is 2. The van der Waals surface area contributed by atoms with Gasteiger partial charge in [0.2, 0.25) is 0 Å². The van der Waals surface area contributed by atoms with Gasteiger partial charge in [-0.25, -0.2) is 8.42 Å². The van der Waals surface area contributed by atoms with Crippen LogP contribution in [0, 0.1) is 0 Å². The molecular formula is C10H17ClN2O2S. The SMILES string of the molecule is CS(=O)(=O)c1cnn(CCCCCCCl)c1. The highest BCUT2D eigenvalue weighted by Crippen LogP contribution is 2.08. The molecule has 0 aliphatic heterocycles. The number of alkyl halides is 1. The van der Waals surface area contributed by atoms with Gasteiger partial charge in [0.1, 0.15) is 4.90 Å². The first kappa shape index (κ1) is 13.5. The highest BCUT2D eigenvalue weighted by atomic mass is 35.5. The summed E-state index contributed by atoms with van der Waals surface area (Å²) in [6.45, 7) is 0.762. The first-order valence-electron chi connectivity index (χ1n) is 5.32. The van der Waals surface area contributed by atoms with Gasteiger partial charge < -0.3 is 0 Å². The molecule has 0 saturated carbocycles. The standard InChI is InChI=1S/C10H17ClN2O2S/c1-16(14,15)10-8-12-13(9-10)7-5-3-2-4-6-11/h8-9H,2-7H2,1H3. The van der Waals surface area contributed by atoms with E-state index in [-0.39, 0.29) is 4.90 Å². The smallest absolute Gasteiger partial charge is 0.178 e. The Hall–Kier alpha value is -0.550. The third kappa shape index (κ3) is 4.53. The van der Waals surface area contributed by atoms with Crippen molar-refractivity contribution in [3.63, 3.8) is 0 Å². The summed E-state index contributed by atoms with van der Waals surface area (Å²) in [5.74, 6) is 0.708. The Kier molecular flexibility index (Phi) is 5.28. The maximum atomic E-state index is 11.2. The van der Waals surface area contributed by atoms with Crippen LogP contribution in [0.5, 0.6) is 0 Å². The van der Waals surface area contributed by atoms with Gasteiger partial charge >= 0.3 is 0 Å². The highest BCUT2D eigenvalue weighted by Gasteiger charge is 2.09. The van der Waals surface area contributed by atoms with Crippen LogP contribution in [0.3, 0.4) is 0 Å². The van der Waals surface area contributed by atoms with Crippen molar-refractivity contribution >= 4 is 21.4 Å². The van der Waals surface area contributed by atoms with E-state index < -0.39 is 9.84 Å². The molecule has 0 aromatic carbocycles. The van der Waals surface area contributed by atoms with Crippen LogP contribution in [-0.2, 0) is 16.4 Å². The monoisotopic (exact) mass is 264 g/mol. The normalized spacial score (nSPS) is 11.9. The minimum Gasteiger partial charge on any atom is -0.271 e. The van der Waals surface area contributed by atoms with Crippen LogP contribution < -0.4 is 0 Å². The Morgan fingerprint density at radius 3 is 2.56 bits per heavy atom. The summed E-state index contributed by atoms with van der Waals surface area (Å²) in [5.41, 5.74) is 0. The van der Waals surface area contributed by atoms with Crippen LogP contribution in [-0.4, -0.2) is 30.3 Å². The zero-order valence-corrected chi connectivity index (χ0v) is 11.0. The first-order chi connectivity index (χ1) is 7.54. The van der Waals surface area contributed by atoms with E-state index in [4.69, 9.17) is 11.6 Å². The molecule has 4 nitrogen and oxygen atoms in total. The van der Waals surface area contributed by atoms with E-state index in [1.54, 1.807) is 10.9 Å². The van der Waals surface area contributed by atoms with Crippen LogP contribution in [0.4, 0.5) is 0 Å². The molecular weight excluding hydrogens is 248 g/mol. The molecule has 0 fully saturated rings.